The van der Waals surface area contributed by atoms with Crippen LogP contribution in [0.5, 0.6) is 11.5 Å². The van der Waals surface area contributed by atoms with Crippen molar-refractivity contribution in [1.82, 2.24) is 9.71 Å². The van der Waals surface area contributed by atoms with Gasteiger partial charge in [-0.1, -0.05) is 17.7 Å². The maximum Gasteiger partial charge on any atom is 0.329 e. The predicted octanol–water partition coefficient (Wildman–Crippen LogP) is 5.78. The molecule has 2 amide bonds. The largest absolute Gasteiger partial charge is 0.493 e. The molecule has 168 valence electrons. The molecule has 0 aliphatic rings. The summed E-state index contributed by atoms with van der Waals surface area (Å²) < 4.78 is 18.6. The van der Waals surface area contributed by atoms with Gasteiger partial charge in [-0.2, -0.15) is 0 Å². The zero-order valence-corrected chi connectivity index (χ0v) is 19.1. The Kier molecular flexibility index (Phi) is 6.71. The standard InChI is InChI=1S/C23H18ClN3O5S/c1-30-19-8-6-14(11-20(19)31-2)22(28)33-27-23(29)25-16-7-9-18-17(12-16)26-21(32-18)13-4-3-5-15(24)10-13/h3-12H,1-2H3,(H2,25,27,29). The minimum atomic E-state index is -0.563. The molecule has 4 aromatic rings. The number of halogens is 1. The third-order valence-corrected chi connectivity index (χ3v) is 5.52. The van der Waals surface area contributed by atoms with Crippen LogP contribution in [0, 0.1) is 0 Å². The van der Waals surface area contributed by atoms with Crippen LogP contribution in [0.25, 0.3) is 22.6 Å². The van der Waals surface area contributed by atoms with E-state index in [1.54, 1.807) is 48.5 Å². The van der Waals surface area contributed by atoms with Crippen LogP contribution in [0.3, 0.4) is 0 Å². The van der Waals surface area contributed by atoms with Crippen LogP contribution in [-0.2, 0) is 0 Å². The number of nitrogens with one attached hydrogen (secondary N) is 2. The van der Waals surface area contributed by atoms with E-state index < -0.39 is 6.03 Å². The Hall–Kier alpha value is -3.69. The van der Waals surface area contributed by atoms with Gasteiger partial charge in [0.2, 0.25) is 11.0 Å². The zero-order valence-electron chi connectivity index (χ0n) is 17.5. The van der Waals surface area contributed by atoms with Crippen LogP contribution in [0.15, 0.2) is 65.1 Å². The van der Waals surface area contributed by atoms with Crippen LogP contribution in [-0.4, -0.2) is 30.3 Å². The Morgan fingerprint density at radius 2 is 1.82 bits per heavy atom. The second kappa shape index (κ2) is 9.85. The number of nitrogens with zero attached hydrogens (tertiary/aromatic N) is 1. The molecule has 8 nitrogen and oxygen atoms in total. The highest BCUT2D eigenvalue weighted by Gasteiger charge is 2.14. The first-order chi connectivity index (χ1) is 16.0. The molecule has 0 fully saturated rings. The van der Waals surface area contributed by atoms with E-state index in [4.69, 9.17) is 25.5 Å². The molecule has 1 heterocycles. The molecule has 0 spiro atoms. The van der Waals surface area contributed by atoms with E-state index in [2.05, 4.69) is 15.0 Å². The summed E-state index contributed by atoms with van der Waals surface area (Å²) in [6.07, 6.45) is 0. The van der Waals surface area contributed by atoms with Gasteiger partial charge in [-0.25, -0.2) is 9.78 Å². The second-order valence-electron chi connectivity index (χ2n) is 6.73. The van der Waals surface area contributed by atoms with Gasteiger partial charge in [0.1, 0.15) is 5.52 Å². The Labute approximate surface area is 198 Å². The number of amides is 2. The number of oxazole rings is 1. The minimum absolute atomic E-state index is 0.357. The summed E-state index contributed by atoms with van der Waals surface area (Å²) in [5, 5.41) is 2.89. The van der Waals surface area contributed by atoms with Crippen LogP contribution in [0.2, 0.25) is 5.02 Å². The van der Waals surface area contributed by atoms with E-state index in [0.717, 1.165) is 5.56 Å². The fourth-order valence-electron chi connectivity index (χ4n) is 3.02. The lowest BCUT2D eigenvalue weighted by atomic mass is 10.2. The summed E-state index contributed by atoms with van der Waals surface area (Å²) in [6.45, 7) is 0. The van der Waals surface area contributed by atoms with Crippen molar-refractivity contribution >= 4 is 51.5 Å². The average molecular weight is 484 g/mol. The molecular formula is C23H18ClN3O5S. The number of fused-ring (bicyclic) bond motifs is 1. The third-order valence-electron chi connectivity index (χ3n) is 4.57. The van der Waals surface area contributed by atoms with Gasteiger partial charge in [0.15, 0.2) is 17.1 Å². The number of ether oxygens (including phenoxy) is 2. The van der Waals surface area contributed by atoms with Gasteiger partial charge < -0.3 is 19.2 Å². The molecule has 1 aromatic heterocycles. The van der Waals surface area contributed by atoms with Crippen molar-refractivity contribution in [2.75, 3.05) is 19.5 Å². The smallest absolute Gasteiger partial charge is 0.329 e. The van der Waals surface area contributed by atoms with Crippen LogP contribution in [0.4, 0.5) is 10.5 Å². The topological polar surface area (TPSA) is 103 Å². The van der Waals surface area contributed by atoms with Gasteiger partial charge in [-0.3, -0.25) is 9.52 Å². The number of benzene rings is 3. The van der Waals surface area contributed by atoms with Crippen molar-refractivity contribution in [2.45, 2.75) is 0 Å². The van der Waals surface area contributed by atoms with E-state index in [1.165, 1.54) is 14.2 Å². The molecule has 4 rings (SSSR count). The maximum atomic E-state index is 12.4. The average Bonchev–Trinajstić information content (AvgIpc) is 3.25. The number of anilines is 1. The molecule has 0 saturated heterocycles. The fourth-order valence-corrected chi connectivity index (χ4v) is 3.69. The molecule has 0 atom stereocenters. The zero-order chi connectivity index (χ0) is 23.4. The third kappa shape index (κ3) is 5.21. The Morgan fingerprint density at radius 3 is 2.58 bits per heavy atom. The van der Waals surface area contributed by atoms with Crippen LogP contribution < -0.4 is 19.5 Å². The summed E-state index contributed by atoms with van der Waals surface area (Å²) in [6, 6.07) is 16.4. The Balaban J connectivity index is 1.40. The molecule has 33 heavy (non-hydrogen) atoms. The lowest BCUT2D eigenvalue weighted by Gasteiger charge is -2.09. The normalized spacial score (nSPS) is 10.6. The van der Waals surface area contributed by atoms with Crippen molar-refractivity contribution in [2.24, 2.45) is 0 Å². The molecule has 0 unspecified atom stereocenters. The van der Waals surface area contributed by atoms with Crippen molar-refractivity contribution in [1.29, 1.82) is 0 Å². The van der Waals surface area contributed by atoms with Gasteiger partial charge in [0.25, 0.3) is 0 Å². The van der Waals surface area contributed by atoms with Crippen molar-refractivity contribution in [3.8, 4) is 23.0 Å². The monoisotopic (exact) mass is 483 g/mol. The Morgan fingerprint density at radius 1 is 1.00 bits per heavy atom. The van der Waals surface area contributed by atoms with E-state index in [1.807, 2.05) is 12.1 Å². The molecule has 10 heteroatoms. The highest BCUT2D eigenvalue weighted by Crippen LogP contribution is 2.29. The van der Waals surface area contributed by atoms with Gasteiger partial charge in [-0.15, -0.1) is 0 Å². The highest BCUT2D eigenvalue weighted by molar-refractivity contribution is 8.12. The number of hydrogen-bond donors (Lipinski definition) is 2. The SMILES string of the molecule is COc1ccc(C(=O)SNC(=O)Nc2ccc3oc(-c4cccc(Cl)c4)nc3c2)cc1OC. The maximum absolute atomic E-state index is 12.4. The molecule has 0 radical (unpaired) electrons. The molecule has 0 bridgehead atoms. The molecule has 0 aliphatic carbocycles. The lowest BCUT2D eigenvalue weighted by molar-refractivity contribution is 0.108. The predicted molar refractivity (Wildman–Crippen MR) is 128 cm³/mol. The molecule has 0 saturated carbocycles. The van der Waals surface area contributed by atoms with E-state index in [-0.39, 0.29) is 5.12 Å². The minimum Gasteiger partial charge on any atom is -0.493 e. The van der Waals surface area contributed by atoms with Crippen LogP contribution >= 0.6 is 23.5 Å². The van der Waals surface area contributed by atoms with Crippen molar-refractivity contribution in [3.63, 3.8) is 0 Å². The first kappa shape index (κ1) is 22.5. The van der Waals surface area contributed by atoms with Gasteiger partial charge in [0.05, 0.1) is 14.2 Å². The quantitative estimate of drug-likeness (QED) is 0.347. The van der Waals surface area contributed by atoms with E-state index in [0.29, 0.717) is 56.7 Å². The van der Waals surface area contributed by atoms with Crippen molar-refractivity contribution in [3.05, 3.63) is 71.2 Å². The molecule has 0 aliphatic heterocycles. The number of aromatic nitrogens is 1. The highest BCUT2D eigenvalue weighted by atomic mass is 35.5. The van der Waals surface area contributed by atoms with Gasteiger partial charge >= 0.3 is 6.03 Å². The molecular weight excluding hydrogens is 466 g/mol. The number of hydrogen-bond acceptors (Lipinski definition) is 7. The fraction of sp³-hybridized carbons (Fsp3) is 0.0870. The number of carbonyl (C=O) groups is 2. The first-order valence-corrected chi connectivity index (χ1v) is 10.8. The molecule has 3 aromatic carbocycles. The molecule has 2 N–H and O–H groups in total. The van der Waals surface area contributed by atoms with E-state index in [9.17, 15) is 9.59 Å². The number of methoxy groups -OCH3 is 2. The Bertz CT molecular complexity index is 1340. The van der Waals surface area contributed by atoms with E-state index >= 15 is 0 Å². The summed E-state index contributed by atoms with van der Waals surface area (Å²) in [5.74, 6) is 1.35. The lowest BCUT2D eigenvalue weighted by Crippen LogP contribution is -2.24. The number of urea groups is 1. The summed E-state index contributed by atoms with van der Waals surface area (Å²) in [7, 11) is 2.99. The first-order valence-electron chi connectivity index (χ1n) is 9.63. The summed E-state index contributed by atoms with van der Waals surface area (Å²) in [5.41, 5.74) is 2.72. The van der Waals surface area contributed by atoms with Gasteiger partial charge in [-0.05, 0) is 54.6 Å². The summed E-state index contributed by atoms with van der Waals surface area (Å²) >= 11 is 6.69. The number of rotatable bonds is 5. The second-order valence-corrected chi connectivity index (χ2v) is 7.94. The van der Waals surface area contributed by atoms with Gasteiger partial charge in [0, 0.05) is 33.8 Å². The van der Waals surface area contributed by atoms with Crippen molar-refractivity contribution < 1.29 is 23.5 Å². The summed E-state index contributed by atoms with van der Waals surface area (Å²) in [4.78, 5) is 29.1. The van der Waals surface area contributed by atoms with Crippen LogP contribution in [0.1, 0.15) is 10.4 Å². The number of carbonyl (C=O) groups excluding carboxylic acids is 2.